The zero-order chi connectivity index (χ0) is 12.5. The minimum atomic E-state index is -3.45. The molecule has 0 heterocycles. The molecule has 0 amide bonds. The molecule has 1 aliphatic carbocycles. The number of hydrogen-bond donors (Lipinski definition) is 1. The van der Waals surface area contributed by atoms with E-state index in [9.17, 15) is 8.42 Å². The maximum atomic E-state index is 11.9. The highest BCUT2D eigenvalue weighted by Gasteiger charge is 2.30. The first-order chi connectivity index (χ1) is 7.99. The van der Waals surface area contributed by atoms with E-state index < -0.39 is 10.0 Å². The molecule has 2 rings (SSSR count). The Labute approximate surface area is 115 Å². The van der Waals surface area contributed by atoms with Crippen molar-refractivity contribution < 1.29 is 8.42 Å². The van der Waals surface area contributed by atoms with Gasteiger partial charge < -0.3 is 0 Å². The van der Waals surface area contributed by atoms with Gasteiger partial charge in [-0.1, -0.05) is 22.0 Å². The van der Waals surface area contributed by atoms with Crippen LogP contribution in [0.1, 0.15) is 12.8 Å². The van der Waals surface area contributed by atoms with Gasteiger partial charge in [-0.15, -0.1) is 11.6 Å². The minimum Gasteiger partial charge on any atom is -0.210 e. The van der Waals surface area contributed by atoms with E-state index in [1.54, 1.807) is 24.3 Å². The van der Waals surface area contributed by atoms with Crippen molar-refractivity contribution in [3.63, 3.8) is 0 Å². The fraction of sp³-hybridized carbons (Fsp3) is 0.455. The maximum absolute atomic E-state index is 11.9. The van der Waals surface area contributed by atoms with Crippen LogP contribution in [0.15, 0.2) is 33.6 Å². The van der Waals surface area contributed by atoms with Crippen molar-refractivity contribution in [2.75, 3.05) is 6.54 Å². The second-order valence-electron chi connectivity index (χ2n) is 4.16. The zero-order valence-electron chi connectivity index (χ0n) is 9.07. The molecule has 0 aromatic heterocycles. The summed E-state index contributed by atoms with van der Waals surface area (Å²) in [6, 6.07) is 6.61. The van der Waals surface area contributed by atoms with Crippen molar-refractivity contribution in [2.24, 2.45) is 5.92 Å². The van der Waals surface area contributed by atoms with E-state index in [1.807, 2.05) is 0 Å². The molecule has 1 fully saturated rings. The molecule has 3 nitrogen and oxygen atoms in total. The molecule has 1 atom stereocenters. The van der Waals surface area contributed by atoms with Gasteiger partial charge in [0.25, 0.3) is 0 Å². The first kappa shape index (κ1) is 13.3. The Morgan fingerprint density at radius 3 is 2.76 bits per heavy atom. The van der Waals surface area contributed by atoms with Crippen LogP contribution in [-0.4, -0.2) is 20.3 Å². The summed E-state index contributed by atoms with van der Waals surface area (Å²) >= 11 is 9.32. The average molecular weight is 339 g/mol. The number of hydrogen-bond acceptors (Lipinski definition) is 2. The summed E-state index contributed by atoms with van der Waals surface area (Å²) in [4.78, 5) is 0.256. The lowest BCUT2D eigenvalue weighted by Crippen LogP contribution is -2.30. The molecule has 94 valence electrons. The van der Waals surface area contributed by atoms with E-state index in [1.165, 1.54) is 0 Å². The molecule has 17 heavy (non-hydrogen) atoms. The van der Waals surface area contributed by atoms with Gasteiger partial charge >= 0.3 is 0 Å². The van der Waals surface area contributed by atoms with Crippen LogP contribution in [0.2, 0.25) is 0 Å². The van der Waals surface area contributed by atoms with E-state index in [0.717, 1.165) is 17.3 Å². The Balaban J connectivity index is 2.03. The Hall–Kier alpha value is -0.100. The second-order valence-corrected chi connectivity index (χ2v) is 7.41. The Morgan fingerprint density at radius 1 is 1.47 bits per heavy atom. The molecule has 1 unspecified atom stereocenters. The summed E-state index contributed by atoms with van der Waals surface area (Å²) in [6.45, 7) is 0.293. The van der Waals surface area contributed by atoms with E-state index in [0.29, 0.717) is 12.5 Å². The van der Waals surface area contributed by atoms with Crippen molar-refractivity contribution in [1.29, 1.82) is 0 Å². The number of sulfonamides is 1. The molecule has 1 aromatic carbocycles. The third kappa shape index (κ3) is 3.68. The van der Waals surface area contributed by atoms with Gasteiger partial charge in [-0.05, 0) is 37.0 Å². The van der Waals surface area contributed by atoms with Gasteiger partial charge in [0.2, 0.25) is 10.0 Å². The summed E-state index contributed by atoms with van der Waals surface area (Å²) in [5, 5.41) is -0.100. The van der Waals surface area contributed by atoms with Gasteiger partial charge in [-0.3, -0.25) is 0 Å². The normalized spacial score (nSPS) is 18.0. The molecule has 0 spiro atoms. The van der Waals surface area contributed by atoms with Crippen LogP contribution in [-0.2, 0) is 10.0 Å². The van der Waals surface area contributed by atoms with Crippen molar-refractivity contribution >= 4 is 37.6 Å². The van der Waals surface area contributed by atoms with Crippen LogP contribution in [0, 0.1) is 5.92 Å². The SMILES string of the molecule is O=S(=O)(NCC(Cl)C1CC1)c1cccc(Br)c1. The van der Waals surface area contributed by atoms with Gasteiger partial charge in [0.1, 0.15) is 0 Å². The molecule has 1 N–H and O–H groups in total. The highest BCUT2D eigenvalue weighted by Crippen LogP contribution is 2.35. The van der Waals surface area contributed by atoms with Crippen LogP contribution in [0.4, 0.5) is 0 Å². The second kappa shape index (κ2) is 5.26. The minimum absolute atomic E-state index is 0.100. The van der Waals surface area contributed by atoms with Gasteiger partial charge in [-0.2, -0.15) is 0 Å². The number of nitrogens with one attached hydrogen (secondary N) is 1. The number of rotatable bonds is 5. The highest BCUT2D eigenvalue weighted by molar-refractivity contribution is 9.10. The molecule has 1 aromatic rings. The quantitative estimate of drug-likeness (QED) is 0.839. The first-order valence-electron chi connectivity index (χ1n) is 5.38. The van der Waals surface area contributed by atoms with E-state index in [4.69, 9.17) is 11.6 Å². The number of alkyl halides is 1. The molecule has 0 radical (unpaired) electrons. The molecule has 0 saturated heterocycles. The van der Waals surface area contributed by atoms with Crippen LogP contribution < -0.4 is 4.72 Å². The predicted octanol–water partition coefficient (Wildman–Crippen LogP) is 2.74. The number of benzene rings is 1. The van der Waals surface area contributed by atoms with Crippen LogP contribution in [0.3, 0.4) is 0 Å². The Kier molecular flexibility index (Phi) is 4.13. The van der Waals surface area contributed by atoms with Crippen LogP contribution in [0.25, 0.3) is 0 Å². The van der Waals surface area contributed by atoms with Gasteiger partial charge in [0.15, 0.2) is 0 Å². The lowest BCUT2D eigenvalue weighted by Gasteiger charge is -2.10. The third-order valence-corrected chi connectivity index (χ3v) is 5.13. The Bertz CT molecular complexity index is 502. The maximum Gasteiger partial charge on any atom is 0.240 e. The average Bonchev–Trinajstić information content (AvgIpc) is 3.10. The van der Waals surface area contributed by atoms with Crippen LogP contribution >= 0.6 is 27.5 Å². The fourth-order valence-electron chi connectivity index (χ4n) is 1.53. The van der Waals surface area contributed by atoms with Crippen molar-refractivity contribution in [3.05, 3.63) is 28.7 Å². The van der Waals surface area contributed by atoms with Crippen molar-refractivity contribution in [2.45, 2.75) is 23.1 Å². The first-order valence-corrected chi connectivity index (χ1v) is 8.09. The molecular weight excluding hydrogens is 326 g/mol. The fourth-order valence-corrected chi connectivity index (χ4v) is 3.61. The topological polar surface area (TPSA) is 46.2 Å². The van der Waals surface area contributed by atoms with Crippen molar-refractivity contribution in [3.8, 4) is 0 Å². The van der Waals surface area contributed by atoms with Crippen molar-refractivity contribution in [1.82, 2.24) is 4.72 Å². The van der Waals surface area contributed by atoms with Crippen LogP contribution in [0.5, 0.6) is 0 Å². The molecule has 6 heteroatoms. The standard InChI is InChI=1S/C11H13BrClNO2S/c12-9-2-1-3-10(6-9)17(15,16)14-7-11(13)8-4-5-8/h1-3,6,8,11,14H,4-5,7H2. The summed E-state index contributed by atoms with van der Waals surface area (Å²) < 4.78 is 27.2. The Morgan fingerprint density at radius 2 is 2.18 bits per heavy atom. The third-order valence-electron chi connectivity index (χ3n) is 2.71. The summed E-state index contributed by atoms with van der Waals surface area (Å²) in [6.07, 6.45) is 2.21. The molecular formula is C11H13BrClNO2S. The molecule has 1 aliphatic rings. The summed E-state index contributed by atoms with van der Waals surface area (Å²) in [7, 11) is -3.45. The van der Waals surface area contributed by atoms with Gasteiger partial charge in [0, 0.05) is 16.4 Å². The summed E-state index contributed by atoms with van der Waals surface area (Å²) in [5.41, 5.74) is 0. The predicted molar refractivity (Wildman–Crippen MR) is 71.7 cm³/mol. The summed E-state index contributed by atoms with van der Waals surface area (Å²) in [5.74, 6) is 0.474. The molecule has 0 aliphatic heterocycles. The largest absolute Gasteiger partial charge is 0.240 e. The molecule has 1 saturated carbocycles. The van der Waals surface area contributed by atoms with Gasteiger partial charge in [0.05, 0.1) is 4.90 Å². The van der Waals surface area contributed by atoms with Gasteiger partial charge in [-0.25, -0.2) is 13.1 Å². The lowest BCUT2D eigenvalue weighted by molar-refractivity contribution is 0.576. The highest BCUT2D eigenvalue weighted by atomic mass is 79.9. The monoisotopic (exact) mass is 337 g/mol. The number of halogens is 2. The van der Waals surface area contributed by atoms with E-state index in [-0.39, 0.29) is 10.3 Å². The molecule has 0 bridgehead atoms. The van der Waals surface area contributed by atoms with E-state index >= 15 is 0 Å². The lowest BCUT2D eigenvalue weighted by atomic mass is 10.3. The smallest absolute Gasteiger partial charge is 0.210 e. The van der Waals surface area contributed by atoms with E-state index in [2.05, 4.69) is 20.7 Å². The zero-order valence-corrected chi connectivity index (χ0v) is 12.2.